The van der Waals surface area contributed by atoms with Gasteiger partial charge in [0.1, 0.15) is 5.60 Å². The lowest BCUT2D eigenvalue weighted by Gasteiger charge is -2.33. The minimum absolute atomic E-state index is 0.585. The Labute approximate surface area is 98.4 Å². The van der Waals surface area contributed by atoms with Gasteiger partial charge in [0.05, 0.1) is 0 Å². The summed E-state index contributed by atoms with van der Waals surface area (Å²) in [7, 11) is 3.12. The van der Waals surface area contributed by atoms with Gasteiger partial charge in [0.15, 0.2) is 6.29 Å². The summed E-state index contributed by atoms with van der Waals surface area (Å²) in [6.45, 7) is 1.78. The zero-order chi connectivity index (χ0) is 12.0. The van der Waals surface area contributed by atoms with Crippen molar-refractivity contribution in [2.75, 3.05) is 14.2 Å². The van der Waals surface area contributed by atoms with Crippen molar-refractivity contribution in [2.45, 2.75) is 57.3 Å². The van der Waals surface area contributed by atoms with Crippen molar-refractivity contribution in [2.24, 2.45) is 0 Å². The summed E-state index contributed by atoms with van der Waals surface area (Å²) in [6, 6.07) is 0. The molecule has 1 aliphatic carbocycles. The zero-order valence-corrected chi connectivity index (χ0v) is 10.7. The smallest absolute Gasteiger partial charge is 0.189 e. The van der Waals surface area contributed by atoms with Crippen LogP contribution >= 0.6 is 0 Å². The summed E-state index contributed by atoms with van der Waals surface area (Å²) >= 11 is 0. The van der Waals surface area contributed by atoms with Gasteiger partial charge in [-0.25, -0.2) is 0 Å². The van der Waals surface area contributed by atoms with Crippen LogP contribution in [0.15, 0.2) is 11.6 Å². The Morgan fingerprint density at radius 2 is 1.81 bits per heavy atom. The highest BCUT2D eigenvalue weighted by Gasteiger charge is 2.35. The van der Waals surface area contributed by atoms with E-state index in [-0.39, 0.29) is 0 Å². The zero-order valence-electron chi connectivity index (χ0n) is 10.7. The first-order valence-electron chi connectivity index (χ1n) is 6.10. The lowest BCUT2D eigenvalue weighted by molar-refractivity contribution is -0.194. The average molecular weight is 228 g/mol. The van der Waals surface area contributed by atoms with Crippen LogP contribution in [0.2, 0.25) is 0 Å². The second-order valence-corrected chi connectivity index (χ2v) is 4.63. The first-order chi connectivity index (χ1) is 7.62. The fraction of sp³-hybridized carbons (Fsp3) is 0.846. The highest BCUT2D eigenvalue weighted by molar-refractivity contribution is 5.17. The average Bonchev–Trinajstić information content (AvgIpc) is 2.17. The molecule has 0 aliphatic heterocycles. The number of allylic oxidation sites excluding steroid dienone is 1. The standard InChI is InChI=1S/C13H24O3/c1-13(14,12(15-2)16-3)11-9-7-5-4-6-8-10-11/h9,12,14H,4-8,10H2,1-3H3. The molecule has 1 aliphatic rings. The van der Waals surface area contributed by atoms with Crippen LogP contribution in [0.25, 0.3) is 0 Å². The molecule has 94 valence electrons. The van der Waals surface area contributed by atoms with E-state index in [1.165, 1.54) is 19.3 Å². The Morgan fingerprint density at radius 1 is 1.19 bits per heavy atom. The number of hydrogen-bond donors (Lipinski definition) is 1. The molecule has 0 aromatic heterocycles. The first kappa shape index (κ1) is 13.7. The third-order valence-corrected chi connectivity index (χ3v) is 3.33. The van der Waals surface area contributed by atoms with Crippen molar-refractivity contribution >= 4 is 0 Å². The number of rotatable bonds is 4. The second kappa shape index (κ2) is 6.38. The van der Waals surface area contributed by atoms with Gasteiger partial charge in [0, 0.05) is 14.2 Å². The predicted octanol–water partition coefficient (Wildman–Crippen LogP) is 2.64. The van der Waals surface area contributed by atoms with E-state index in [0.717, 1.165) is 24.8 Å². The molecule has 1 atom stereocenters. The molecule has 3 heteroatoms. The van der Waals surface area contributed by atoms with Crippen molar-refractivity contribution in [3.63, 3.8) is 0 Å². The molecule has 16 heavy (non-hydrogen) atoms. The minimum atomic E-state index is -1.01. The van der Waals surface area contributed by atoms with Gasteiger partial charge in [0.2, 0.25) is 0 Å². The fourth-order valence-electron chi connectivity index (χ4n) is 2.36. The van der Waals surface area contributed by atoms with Crippen LogP contribution in [0.3, 0.4) is 0 Å². The minimum Gasteiger partial charge on any atom is -0.380 e. The lowest BCUT2D eigenvalue weighted by Crippen LogP contribution is -2.43. The SMILES string of the molecule is COC(OC)C(C)(O)C1=CCCCCCC1. The molecule has 0 amide bonds. The Bertz CT molecular complexity index is 229. The van der Waals surface area contributed by atoms with Gasteiger partial charge < -0.3 is 14.6 Å². The molecule has 3 nitrogen and oxygen atoms in total. The quantitative estimate of drug-likeness (QED) is 0.594. The van der Waals surface area contributed by atoms with E-state index >= 15 is 0 Å². The Hall–Kier alpha value is -0.380. The van der Waals surface area contributed by atoms with E-state index in [2.05, 4.69) is 6.08 Å². The number of hydrogen-bond acceptors (Lipinski definition) is 3. The molecule has 1 unspecified atom stereocenters. The maximum atomic E-state index is 10.5. The first-order valence-corrected chi connectivity index (χ1v) is 6.10. The maximum Gasteiger partial charge on any atom is 0.189 e. The molecule has 0 aromatic carbocycles. The van der Waals surface area contributed by atoms with Gasteiger partial charge in [0.25, 0.3) is 0 Å². The van der Waals surface area contributed by atoms with Gasteiger partial charge in [-0.2, -0.15) is 0 Å². The van der Waals surface area contributed by atoms with Crippen LogP contribution in [0.4, 0.5) is 0 Å². The van der Waals surface area contributed by atoms with Crippen molar-refractivity contribution in [3.05, 3.63) is 11.6 Å². The van der Waals surface area contributed by atoms with E-state index < -0.39 is 11.9 Å². The summed E-state index contributed by atoms with van der Waals surface area (Å²) in [4.78, 5) is 0. The van der Waals surface area contributed by atoms with E-state index in [1.54, 1.807) is 21.1 Å². The lowest BCUT2D eigenvalue weighted by atomic mass is 9.87. The topological polar surface area (TPSA) is 38.7 Å². The van der Waals surface area contributed by atoms with Crippen molar-refractivity contribution in [1.82, 2.24) is 0 Å². The summed E-state index contributed by atoms with van der Waals surface area (Å²) in [5, 5.41) is 10.5. The molecular formula is C13H24O3. The van der Waals surface area contributed by atoms with Crippen LogP contribution in [-0.2, 0) is 9.47 Å². The monoisotopic (exact) mass is 228 g/mol. The number of methoxy groups -OCH3 is 2. The molecule has 0 saturated heterocycles. The van der Waals surface area contributed by atoms with Crippen molar-refractivity contribution in [3.8, 4) is 0 Å². The normalized spacial score (nSPS) is 22.2. The van der Waals surface area contributed by atoms with Gasteiger partial charge >= 0.3 is 0 Å². The summed E-state index contributed by atoms with van der Waals surface area (Å²) < 4.78 is 10.4. The molecule has 0 aromatic rings. The molecular weight excluding hydrogens is 204 g/mol. The predicted molar refractivity (Wildman–Crippen MR) is 64.2 cm³/mol. The third-order valence-electron chi connectivity index (χ3n) is 3.33. The highest BCUT2D eigenvalue weighted by atomic mass is 16.7. The number of ether oxygens (including phenoxy) is 2. The molecule has 0 bridgehead atoms. The summed E-state index contributed by atoms with van der Waals surface area (Å²) in [5.74, 6) is 0. The fourth-order valence-corrected chi connectivity index (χ4v) is 2.36. The van der Waals surface area contributed by atoms with E-state index in [0.29, 0.717) is 0 Å². The Morgan fingerprint density at radius 3 is 2.44 bits per heavy atom. The largest absolute Gasteiger partial charge is 0.380 e. The van der Waals surface area contributed by atoms with E-state index in [9.17, 15) is 5.11 Å². The van der Waals surface area contributed by atoms with Crippen LogP contribution in [0.5, 0.6) is 0 Å². The highest BCUT2D eigenvalue weighted by Crippen LogP contribution is 2.30. The van der Waals surface area contributed by atoms with E-state index in [4.69, 9.17) is 9.47 Å². The van der Waals surface area contributed by atoms with E-state index in [1.807, 2.05) is 0 Å². The van der Waals surface area contributed by atoms with Gasteiger partial charge in [-0.3, -0.25) is 0 Å². The Balaban J connectivity index is 2.77. The van der Waals surface area contributed by atoms with Crippen LogP contribution in [0, 0.1) is 0 Å². The molecule has 1 N–H and O–H groups in total. The molecule has 0 radical (unpaired) electrons. The summed E-state index contributed by atoms with van der Waals surface area (Å²) in [5.41, 5.74) is 0.0433. The maximum absolute atomic E-state index is 10.5. The van der Waals surface area contributed by atoms with Gasteiger partial charge in [-0.1, -0.05) is 18.9 Å². The molecule has 0 fully saturated rings. The molecule has 1 rings (SSSR count). The molecule has 0 saturated carbocycles. The molecule has 0 spiro atoms. The second-order valence-electron chi connectivity index (χ2n) is 4.63. The van der Waals surface area contributed by atoms with Crippen LogP contribution in [-0.4, -0.2) is 31.2 Å². The third kappa shape index (κ3) is 3.30. The van der Waals surface area contributed by atoms with Gasteiger partial charge in [-0.05, 0) is 38.2 Å². The molecule has 0 heterocycles. The van der Waals surface area contributed by atoms with Crippen LogP contribution < -0.4 is 0 Å². The summed E-state index contributed by atoms with van der Waals surface area (Å²) in [6.07, 6.45) is 8.46. The van der Waals surface area contributed by atoms with Crippen molar-refractivity contribution in [1.29, 1.82) is 0 Å². The Kier molecular flexibility index (Phi) is 5.46. The van der Waals surface area contributed by atoms with Crippen LogP contribution in [0.1, 0.15) is 45.4 Å². The van der Waals surface area contributed by atoms with Gasteiger partial charge in [-0.15, -0.1) is 0 Å². The van der Waals surface area contributed by atoms with Crippen molar-refractivity contribution < 1.29 is 14.6 Å². The number of aliphatic hydroxyl groups is 1.